The van der Waals surface area contributed by atoms with Gasteiger partial charge in [-0.2, -0.15) is 0 Å². The number of hydrogen-bond donors (Lipinski definition) is 3. The minimum absolute atomic E-state index is 0.434. The maximum Gasteiger partial charge on any atom is 0.412 e. The van der Waals surface area contributed by atoms with Gasteiger partial charge in [0.15, 0.2) is 0 Å². The summed E-state index contributed by atoms with van der Waals surface area (Å²) in [5, 5.41) is 26.6. The molecular formula is C9H19NO5. The van der Waals surface area contributed by atoms with E-state index in [1.165, 1.54) is 0 Å². The Hall–Kier alpha value is -0.850. The van der Waals surface area contributed by atoms with Crippen molar-refractivity contribution in [2.24, 2.45) is 0 Å². The normalized spacial score (nSPS) is 11.7. The highest BCUT2D eigenvalue weighted by atomic mass is 16.6. The summed E-state index contributed by atoms with van der Waals surface area (Å²) < 4.78 is 4.98. The highest BCUT2D eigenvalue weighted by Gasteiger charge is 2.26. The molecule has 6 nitrogen and oxygen atoms in total. The van der Waals surface area contributed by atoms with Crippen molar-refractivity contribution in [2.45, 2.75) is 32.4 Å². The van der Waals surface area contributed by atoms with Crippen LogP contribution in [0, 0.1) is 0 Å². The van der Waals surface area contributed by atoms with Crippen LogP contribution in [0.2, 0.25) is 0 Å². The molecule has 0 rings (SSSR count). The molecule has 0 aromatic carbocycles. The van der Waals surface area contributed by atoms with Gasteiger partial charge >= 0.3 is 6.09 Å². The first kappa shape index (κ1) is 14.2. The first-order chi connectivity index (χ1) is 6.85. The van der Waals surface area contributed by atoms with Crippen molar-refractivity contribution in [1.29, 1.82) is 0 Å². The molecule has 0 aromatic heterocycles. The zero-order valence-electron chi connectivity index (χ0n) is 9.30. The van der Waals surface area contributed by atoms with Crippen molar-refractivity contribution in [1.82, 2.24) is 4.90 Å². The minimum atomic E-state index is -0.843. The Morgan fingerprint density at radius 3 is 2.00 bits per heavy atom. The van der Waals surface area contributed by atoms with Gasteiger partial charge in [-0.3, -0.25) is 4.90 Å². The van der Waals surface area contributed by atoms with E-state index in [2.05, 4.69) is 0 Å². The summed E-state index contributed by atoms with van der Waals surface area (Å²) in [6.07, 6.45) is -0.766. The van der Waals surface area contributed by atoms with Crippen LogP contribution in [0.25, 0.3) is 0 Å². The van der Waals surface area contributed by atoms with Gasteiger partial charge in [-0.25, -0.2) is 4.79 Å². The quantitative estimate of drug-likeness (QED) is 0.558. The van der Waals surface area contributed by atoms with Crippen LogP contribution in [-0.4, -0.2) is 57.9 Å². The lowest BCUT2D eigenvalue weighted by Gasteiger charge is -2.30. The van der Waals surface area contributed by atoms with Crippen LogP contribution >= 0.6 is 0 Å². The van der Waals surface area contributed by atoms with E-state index in [1.54, 1.807) is 20.8 Å². The van der Waals surface area contributed by atoms with Gasteiger partial charge in [0, 0.05) is 0 Å². The summed E-state index contributed by atoms with van der Waals surface area (Å²) >= 11 is 0. The fourth-order valence-electron chi connectivity index (χ4n) is 0.898. The third-order valence-electron chi connectivity index (χ3n) is 1.64. The summed E-state index contributed by atoms with van der Waals surface area (Å²) in [6.45, 7) is 3.58. The predicted molar refractivity (Wildman–Crippen MR) is 53.1 cm³/mol. The number of carbonyl (C=O) groups excluding carboxylic acids is 1. The van der Waals surface area contributed by atoms with Crippen molar-refractivity contribution in [2.75, 3.05) is 19.9 Å². The van der Waals surface area contributed by atoms with E-state index in [0.717, 1.165) is 4.90 Å². The van der Waals surface area contributed by atoms with Crippen LogP contribution < -0.4 is 0 Å². The number of hydrogen-bond acceptors (Lipinski definition) is 5. The molecular weight excluding hydrogens is 202 g/mol. The Morgan fingerprint density at radius 1 is 1.27 bits per heavy atom. The van der Waals surface area contributed by atoms with Gasteiger partial charge in [0.2, 0.25) is 0 Å². The van der Waals surface area contributed by atoms with E-state index in [9.17, 15) is 4.79 Å². The smallest absolute Gasteiger partial charge is 0.412 e. The largest absolute Gasteiger partial charge is 0.444 e. The lowest BCUT2D eigenvalue weighted by molar-refractivity contribution is -0.0250. The molecule has 3 N–H and O–H groups in total. The van der Waals surface area contributed by atoms with Crippen LogP contribution in [0.5, 0.6) is 0 Å². The molecule has 90 valence electrons. The first-order valence-electron chi connectivity index (χ1n) is 4.68. The number of aliphatic hydroxyl groups is 3. The summed E-state index contributed by atoms with van der Waals surface area (Å²) in [5.41, 5.74) is -0.681. The van der Waals surface area contributed by atoms with Gasteiger partial charge in [0.1, 0.15) is 12.3 Å². The molecule has 0 fully saturated rings. The fourth-order valence-corrected chi connectivity index (χ4v) is 0.898. The Labute approximate surface area is 89.1 Å². The van der Waals surface area contributed by atoms with Crippen LogP contribution in [0.4, 0.5) is 4.79 Å². The number of nitrogens with zero attached hydrogens (tertiary/aromatic N) is 1. The maximum atomic E-state index is 11.5. The second-order valence-electron chi connectivity index (χ2n) is 4.11. The van der Waals surface area contributed by atoms with Crippen molar-refractivity contribution in [3.05, 3.63) is 0 Å². The molecule has 15 heavy (non-hydrogen) atoms. The van der Waals surface area contributed by atoms with Crippen LogP contribution in [-0.2, 0) is 4.74 Å². The minimum Gasteiger partial charge on any atom is -0.444 e. The molecule has 0 bridgehead atoms. The van der Waals surface area contributed by atoms with Gasteiger partial charge in [-0.15, -0.1) is 0 Å². The summed E-state index contributed by atoms with van der Waals surface area (Å²) in [7, 11) is 0. The standard InChI is InChI=1S/C9H19NO5/c1-9(2,3)15-8(14)10(6-13)7(4-11)5-12/h7,11-13H,4-6H2,1-3H3. The molecule has 6 heteroatoms. The molecule has 0 heterocycles. The SMILES string of the molecule is CC(C)(C)OC(=O)N(CO)C(CO)CO. The number of amides is 1. The predicted octanol–water partition coefficient (Wildman–Crippen LogP) is -0.473. The number of aliphatic hydroxyl groups excluding tert-OH is 3. The molecule has 0 aliphatic carbocycles. The number of ether oxygens (including phenoxy) is 1. The van der Waals surface area contributed by atoms with Gasteiger partial charge in [0.25, 0.3) is 0 Å². The second kappa shape index (κ2) is 5.89. The number of carbonyl (C=O) groups is 1. The topological polar surface area (TPSA) is 90.2 Å². The highest BCUT2D eigenvalue weighted by molar-refractivity contribution is 5.68. The highest BCUT2D eigenvalue weighted by Crippen LogP contribution is 2.11. The molecule has 0 aliphatic rings. The Bertz CT molecular complexity index is 197. The van der Waals surface area contributed by atoms with Gasteiger partial charge in [0.05, 0.1) is 19.3 Å². The molecule has 0 aliphatic heterocycles. The van der Waals surface area contributed by atoms with E-state index in [0.29, 0.717) is 0 Å². The number of rotatable bonds is 4. The summed E-state index contributed by atoms with van der Waals surface area (Å²) in [5.74, 6) is 0. The molecule has 0 aromatic rings. The first-order valence-corrected chi connectivity index (χ1v) is 4.68. The van der Waals surface area contributed by atoms with E-state index >= 15 is 0 Å². The summed E-state index contributed by atoms with van der Waals surface area (Å²) in [6, 6.07) is -0.843. The Balaban J connectivity index is 4.46. The van der Waals surface area contributed by atoms with E-state index in [1.807, 2.05) is 0 Å². The molecule has 0 saturated heterocycles. The maximum absolute atomic E-state index is 11.5. The monoisotopic (exact) mass is 221 g/mol. The average Bonchev–Trinajstić information content (AvgIpc) is 2.10. The third-order valence-corrected chi connectivity index (χ3v) is 1.64. The molecule has 0 saturated carbocycles. The van der Waals surface area contributed by atoms with Crippen molar-refractivity contribution in [3.8, 4) is 0 Å². The zero-order chi connectivity index (χ0) is 12.1. The van der Waals surface area contributed by atoms with Gasteiger partial charge < -0.3 is 20.1 Å². The lowest BCUT2D eigenvalue weighted by atomic mass is 10.2. The zero-order valence-corrected chi connectivity index (χ0v) is 9.30. The van der Waals surface area contributed by atoms with E-state index in [4.69, 9.17) is 20.1 Å². The molecule has 0 unspecified atom stereocenters. The van der Waals surface area contributed by atoms with Crippen molar-refractivity contribution < 1.29 is 24.9 Å². The van der Waals surface area contributed by atoms with Gasteiger partial charge in [-0.1, -0.05) is 0 Å². The third kappa shape index (κ3) is 4.96. The van der Waals surface area contributed by atoms with Crippen molar-refractivity contribution in [3.63, 3.8) is 0 Å². The second-order valence-corrected chi connectivity index (χ2v) is 4.11. The van der Waals surface area contributed by atoms with Crippen LogP contribution in [0.15, 0.2) is 0 Å². The molecule has 0 radical (unpaired) electrons. The van der Waals surface area contributed by atoms with Crippen LogP contribution in [0.3, 0.4) is 0 Å². The molecule has 1 amide bonds. The van der Waals surface area contributed by atoms with Gasteiger partial charge in [-0.05, 0) is 20.8 Å². The Kier molecular flexibility index (Phi) is 5.56. The average molecular weight is 221 g/mol. The lowest BCUT2D eigenvalue weighted by Crippen LogP contribution is -2.47. The Morgan fingerprint density at radius 2 is 1.73 bits per heavy atom. The molecule has 0 atom stereocenters. The van der Waals surface area contributed by atoms with E-state index in [-0.39, 0.29) is 0 Å². The summed E-state index contributed by atoms with van der Waals surface area (Å²) in [4.78, 5) is 12.3. The fraction of sp³-hybridized carbons (Fsp3) is 0.889. The van der Waals surface area contributed by atoms with Crippen LogP contribution in [0.1, 0.15) is 20.8 Å². The molecule has 0 spiro atoms. The van der Waals surface area contributed by atoms with Crippen molar-refractivity contribution >= 4 is 6.09 Å². The van der Waals surface area contributed by atoms with E-state index < -0.39 is 37.7 Å².